The van der Waals surface area contributed by atoms with E-state index in [0.717, 1.165) is 33.4 Å². The fraction of sp³-hybridized carbons (Fsp3) is 0.0303. The molecule has 48 heavy (non-hydrogen) atoms. The minimum Gasteiger partial charge on any atom is -0.277 e. The molecule has 0 aliphatic carbocycles. The van der Waals surface area contributed by atoms with Crippen molar-refractivity contribution in [2.24, 2.45) is 4.99 Å². The quantitative estimate of drug-likeness (QED) is 0.114. The molecule has 1 aliphatic rings. The number of amidine groups is 1. The Morgan fingerprint density at radius 3 is 2.21 bits per heavy atom. The van der Waals surface area contributed by atoms with Gasteiger partial charge in [0.2, 0.25) is 0 Å². The molecule has 1 N–H and O–H groups in total. The average molecular weight is 702 g/mol. The molecule has 0 atom stereocenters. The molecule has 0 unspecified atom stereocenters. The standard InChI is InChI=1S/C33H22Cl2N6O6S/c1-20-36-28-16-15-24(48(46,47)38-30-26(34)17-23(41(44)45)18-27(30)35)19-25(28)32(42)39(20)40-31(22-12-6-3-7-13-22)37-29(33(40)43)14-8-11-21-9-4-2-5-10-21/h2-19,38H,1H3/b11-8+,29-14-. The van der Waals surface area contributed by atoms with Crippen molar-refractivity contribution in [3.8, 4) is 0 Å². The van der Waals surface area contributed by atoms with Crippen molar-refractivity contribution in [2.45, 2.75) is 11.8 Å². The number of allylic oxidation sites excluding steroid dienone is 2. The highest BCUT2D eigenvalue weighted by molar-refractivity contribution is 7.92. The van der Waals surface area contributed by atoms with Crippen LogP contribution in [0.1, 0.15) is 17.0 Å². The van der Waals surface area contributed by atoms with Crippen molar-refractivity contribution in [1.82, 2.24) is 9.66 Å². The first-order valence-electron chi connectivity index (χ1n) is 14.1. The van der Waals surface area contributed by atoms with Gasteiger partial charge in [-0.2, -0.15) is 9.69 Å². The maximum atomic E-state index is 14.1. The Morgan fingerprint density at radius 2 is 1.56 bits per heavy atom. The van der Waals surface area contributed by atoms with Crippen LogP contribution >= 0.6 is 23.2 Å². The maximum absolute atomic E-state index is 14.1. The zero-order valence-corrected chi connectivity index (χ0v) is 27.1. The van der Waals surface area contributed by atoms with Crippen molar-refractivity contribution < 1.29 is 18.1 Å². The lowest BCUT2D eigenvalue weighted by atomic mass is 10.2. The molecule has 0 saturated heterocycles. The van der Waals surface area contributed by atoms with E-state index >= 15 is 0 Å². The van der Waals surface area contributed by atoms with Gasteiger partial charge in [-0.25, -0.2) is 18.4 Å². The molecule has 0 spiro atoms. The summed E-state index contributed by atoms with van der Waals surface area (Å²) in [5, 5.41) is 11.5. The van der Waals surface area contributed by atoms with Crippen LogP contribution in [-0.4, -0.2) is 34.7 Å². The van der Waals surface area contributed by atoms with E-state index in [1.165, 1.54) is 18.2 Å². The van der Waals surface area contributed by atoms with Gasteiger partial charge >= 0.3 is 0 Å². The number of nitro groups is 1. The Bertz CT molecular complexity index is 2370. The second kappa shape index (κ2) is 12.9. The second-order valence-corrected chi connectivity index (χ2v) is 12.8. The number of sulfonamides is 1. The van der Waals surface area contributed by atoms with E-state index in [2.05, 4.69) is 14.7 Å². The van der Waals surface area contributed by atoms with Crippen molar-refractivity contribution in [1.29, 1.82) is 0 Å². The largest absolute Gasteiger partial charge is 0.297 e. The number of amides is 1. The molecule has 12 nitrogen and oxygen atoms in total. The molecule has 1 amide bonds. The number of nitrogens with zero attached hydrogens (tertiary/aromatic N) is 5. The fourth-order valence-corrected chi connectivity index (χ4v) is 6.73. The monoisotopic (exact) mass is 700 g/mol. The van der Waals surface area contributed by atoms with Gasteiger partial charge in [0.1, 0.15) is 11.5 Å². The van der Waals surface area contributed by atoms with Crippen molar-refractivity contribution in [3.63, 3.8) is 0 Å². The summed E-state index contributed by atoms with van der Waals surface area (Å²) in [5.74, 6) is -0.297. The summed E-state index contributed by atoms with van der Waals surface area (Å²) in [6, 6.07) is 23.9. The Labute approximate surface area is 283 Å². The minimum atomic E-state index is -4.43. The number of halogens is 2. The highest BCUT2D eigenvalue weighted by Crippen LogP contribution is 2.36. The third kappa shape index (κ3) is 6.21. The van der Waals surface area contributed by atoms with Crippen molar-refractivity contribution >= 4 is 73.3 Å². The SMILES string of the molecule is Cc1nc2ccc(S(=O)(=O)Nc3c(Cl)cc([N+](=O)[O-])cc3Cl)cc2c(=O)n1N1C(=O)/C(=C/C=C/c2ccccc2)N=C1c1ccccc1. The number of aromatic nitrogens is 2. The number of non-ortho nitro benzene ring substituents is 1. The summed E-state index contributed by atoms with van der Waals surface area (Å²) in [6.45, 7) is 1.54. The predicted molar refractivity (Wildman–Crippen MR) is 184 cm³/mol. The van der Waals surface area contributed by atoms with Gasteiger partial charge in [0.25, 0.3) is 27.2 Å². The topological polar surface area (TPSA) is 157 Å². The second-order valence-electron chi connectivity index (χ2n) is 10.3. The molecular formula is C33H22Cl2N6O6S. The van der Waals surface area contributed by atoms with Crippen LogP contribution < -0.4 is 15.3 Å². The molecule has 0 radical (unpaired) electrons. The molecule has 15 heteroatoms. The maximum Gasteiger partial charge on any atom is 0.297 e. The smallest absolute Gasteiger partial charge is 0.277 e. The Hall–Kier alpha value is -5.63. The first kappa shape index (κ1) is 32.3. The molecule has 0 fully saturated rings. The first-order chi connectivity index (χ1) is 22.9. The van der Waals surface area contributed by atoms with Crippen LogP contribution in [0.3, 0.4) is 0 Å². The summed E-state index contributed by atoms with van der Waals surface area (Å²) >= 11 is 12.2. The Balaban J connectivity index is 1.43. The number of carbonyl (C=O) groups excluding carboxylic acids is 1. The number of hydrogen-bond acceptors (Lipinski definition) is 8. The first-order valence-corrected chi connectivity index (χ1v) is 16.3. The molecular weight excluding hydrogens is 679 g/mol. The van der Waals surface area contributed by atoms with Gasteiger partial charge in [-0.05, 0) is 36.8 Å². The van der Waals surface area contributed by atoms with E-state index in [-0.39, 0.29) is 48.9 Å². The van der Waals surface area contributed by atoms with Gasteiger partial charge in [-0.1, -0.05) is 96.0 Å². The summed E-state index contributed by atoms with van der Waals surface area (Å²) in [5.41, 5.74) is 0.240. The lowest BCUT2D eigenvalue weighted by Crippen LogP contribution is -2.49. The number of aliphatic imine (C=N–C) groups is 1. The summed E-state index contributed by atoms with van der Waals surface area (Å²) in [7, 11) is -4.43. The number of rotatable bonds is 8. The molecule has 5 aromatic rings. The van der Waals surface area contributed by atoms with Crippen LogP contribution in [0.5, 0.6) is 0 Å². The van der Waals surface area contributed by atoms with Crippen LogP contribution in [0.2, 0.25) is 10.0 Å². The lowest BCUT2D eigenvalue weighted by molar-refractivity contribution is -0.384. The molecule has 6 rings (SSSR count). The molecule has 1 aromatic heterocycles. The third-order valence-electron chi connectivity index (χ3n) is 7.18. The number of benzene rings is 4. The van der Waals surface area contributed by atoms with Crippen LogP contribution in [-0.2, 0) is 14.8 Å². The number of nitrogens with one attached hydrogen (secondary N) is 1. The zero-order chi connectivity index (χ0) is 34.2. The van der Waals surface area contributed by atoms with Crippen molar-refractivity contribution in [2.75, 3.05) is 9.73 Å². The van der Waals surface area contributed by atoms with Crippen LogP contribution in [0.15, 0.2) is 124 Å². The van der Waals surface area contributed by atoms with Crippen LogP contribution in [0, 0.1) is 17.0 Å². The predicted octanol–water partition coefficient (Wildman–Crippen LogP) is 6.24. The van der Waals surface area contributed by atoms with Crippen molar-refractivity contribution in [3.05, 3.63) is 156 Å². The third-order valence-corrected chi connectivity index (χ3v) is 9.12. The van der Waals surface area contributed by atoms with E-state index in [9.17, 15) is 28.1 Å². The van der Waals surface area contributed by atoms with E-state index in [1.54, 1.807) is 43.3 Å². The van der Waals surface area contributed by atoms with Gasteiger partial charge in [0, 0.05) is 17.7 Å². The van der Waals surface area contributed by atoms with E-state index in [1.807, 2.05) is 36.4 Å². The number of fused-ring (bicyclic) bond motifs is 1. The van der Waals surface area contributed by atoms with Gasteiger partial charge in [-0.15, -0.1) is 0 Å². The summed E-state index contributed by atoms with van der Waals surface area (Å²) in [6.07, 6.45) is 5.03. The number of hydrogen-bond donors (Lipinski definition) is 1. The lowest BCUT2D eigenvalue weighted by Gasteiger charge is -2.22. The highest BCUT2D eigenvalue weighted by Gasteiger charge is 2.35. The van der Waals surface area contributed by atoms with Gasteiger partial charge < -0.3 is 0 Å². The Morgan fingerprint density at radius 1 is 0.917 bits per heavy atom. The Kier molecular flexibility index (Phi) is 8.67. The van der Waals surface area contributed by atoms with E-state index in [4.69, 9.17) is 23.2 Å². The van der Waals surface area contributed by atoms with Gasteiger partial charge in [0.05, 0.1) is 36.5 Å². The fourth-order valence-electron chi connectivity index (χ4n) is 4.92. The number of aryl methyl sites for hydroxylation is 1. The summed E-state index contributed by atoms with van der Waals surface area (Å²) in [4.78, 5) is 47.1. The van der Waals surface area contributed by atoms with E-state index < -0.39 is 32.1 Å². The molecule has 1 aliphatic heterocycles. The minimum absolute atomic E-state index is 0.0600. The molecule has 240 valence electrons. The normalized spacial score (nSPS) is 14.2. The number of nitro benzene ring substituents is 1. The molecule has 0 saturated carbocycles. The number of anilines is 1. The van der Waals surface area contributed by atoms with Gasteiger partial charge in [-0.3, -0.25) is 24.4 Å². The highest BCUT2D eigenvalue weighted by atomic mass is 35.5. The average Bonchev–Trinajstić information content (AvgIpc) is 3.38. The molecule has 0 bridgehead atoms. The van der Waals surface area contributed by atoms with Crippen LogP contribution in [0.4, 0.5) is 11.4 Å². The molecule has 2 heterocycles. The molecule has 4 aromatic carbocycles. The van der Waals surface area contributed by atoms with E-state index in [0.29, 0.717) is 5.56 Å². The number of carbonyl (C=O) groups is 1. The summed E-state index contributed by atoms with van der Waals surface area (Å²) < 4.78 is 30.1. The van der Waals surface area contributed by atoms with Crippen LogP contribution in [0.25, 0.3) is 17.0 Å². The zero-order valence-electron chi connectivity index (χ0n) is 24.7. The van der Waals surface area contributed by atoms with Gasteiger partial charge in [0.15, 0.2) is 5.84 Å².